The van der Waals surface area contributed by atoms with Crippen LogP contribution in [0.5, 0.6) is 5.75 Å². The second-order valence-corrected chi connectivity index (χ2v) is 8.81. The molecule has 0 amide bonds. The van der Waals surface area contributed by atoms with Crippen molar-refractivity contribution in [2.75, 3.05) is 40.3 Å². The molecule has 1 aromatic carbocycles. The summed E-state index contributed by atoms with van der Waals surface area (Å²) in [5.41, 5.74) is 0.776. The molecule has 180 valence electrons. The summed E-state index contributed by atoms with van der Waals surface area (Å²) in [4.78, 5) is 12.9. The highest BCUT2D eigenvalue weighted by molar-refractivity contribution is 5.84. The second-order valence-electron chi connectivity index (χ2n) is 8.81. The maximum atomic E-state index is 13.9. The topological polar surface area (TPSA) is 70.2 Å². The van der Waals surface area contributed by atoms with Gasteiger partial charge in [0.1, 0.15) is 17.3 Å². The van der Waals surface area contributed by atoms with Crippen molar-refractivity contribution in [3.63, 3.8) is 0 Å². The SMILES string of the molecule is CN(C)C1CCN(CCCOc2ccc(-c3cc4c(ncn4C)c(C#N)n3)cc2C(F)(F)F)C1. The number of fused-ring (bicyclic) bond motifs is 1. The van der Waals surface area contributed by atoms with Crippen LogP contribution < -0.4 is 4.74 Å². The third-order valence-corrected chi connectivity index (χ3v) is 6.25. The van der Waals surface area contributed by atoms with Crippen molar-refractivity contribution >= 4 is 11.0 Å². The number of hydrogen-bond acceptors (Lipinski definition) is 6. The number of hydrogen-bond donors (Lipinski definition) is 0. The van der Waals surface area contributed by atoms with E-state index in [-0.39, 0.29) is 29.3 Å². The third-order valence-electron chi connectivity index (χ3n) is 6.25. The second kappa shape index (κ2) is 9.60. The number of ether oxygens (including phenoxy) is 1. The van der Waals surface area contributed by atoms with Gasteiger partial charge in [0.2, 0.25) is 0 Å². The highest BCUT2D eigenvalue weighted by atomic mass is 19.4. The maximum Gasteiger partial charge on any atom is 0.419 e. The van der Waals surface area contributed by atoms with E-state index in [1.54, 1.807) is 23.7 Å². The maximum absolute atomic E-state index is 13.9. The first-order valence-electron chi connectivity index (χ1n) is 11.1. The Hall–Kier alpha value is -3.16. The van der Waals surface area contributed by atoms with Crippen molar-refractivity contribution in [1.29, 1.82) is 5.26 Å². The molecule has 3 heterocycles. The number of nitriles is 1. The van der Waals surface area contributed by atoms with Gasteiger partial charge in [-0.3, -0.25) is 0 Å². The van der Waals surface area contributed by atoms with E-state index in [2.05, 4.69) is 33.9 Å². The van der Waals surface area contributed by atoms with E-state index >= 15 is 0 Å². The molecule has 10 heteroatoms. The fourth-order valence-electron chi connectivity index (χ4n) is 4.30. The zero-order valence-electron chi connectivity index (χ0n) is 19.4. The van der Waals surface area contributed by atoms with Crippen LogP contribution in [-0.2, 0) is 13.2 Å². The number of halogens is 3. The van der Waals surface area contributed by atoms with Crippen LogP contribution in [0.2, 0.25) is 0 Å². The molecule has 1 unspecified atom stereocenters. The van der Waals surface area contributed by atoms with E-state index in [1.807, 2.05) is 6.07 Å². The standard InChI is InChI=1S/C24H27F3N6O/c1-31(2)17-7-9-33(14-17)8-4-10-34-22-6-5-16(11-18(22)24(25,26)27)19-12-21-23(20(13-28)30-19)29-15-32(21)3/h5-6,11-12,15,17H,4,7-10,14H2,1-3H3. The molecule has 2 aromatic heterocycles. The number of imidazole rings is 1. The molecule has 7 nitrogen and oxygen atoms in total. The van der Waals surface area contributed by atoms with Gasteiger partial charge < -0.3 is 19.1 Å². The molecule has 0 spiro atoms. The average Bonchev–Trinajstić information content (AvgIpc) is 3.43. The van der Waals surface area contributed by atoms with E-state index < -0.39 is 11.7 Å². The molecule has 0 radical (unpaired) electrons. The Morgan fingerprint density at radius 3 is 2.74 bits per heavy atom. The number of benzene rings is 1. The predicted octanol–water partition coefficient (Wildman–Crippen LogP) is 3.93. The molecule has 1 fully saturated rings. The minimum absolute atomic E-state index is 0.0698. The smallest absolute Gasteiger partial charge is 0.419 e. The van der Waals surface area contributed by atoms with E-state index in [9.17, 15) is 18.4 Å². The van der Waals surface area contributed by atoms with E-state index in [0.29, 0.717) is 23.5 Å². The van der Waals surface area contributed by atoms with Crippen LogP contribution in [0.1, 0.15) is 24.1 Å². The van der Waals surface area contributed by atoms with Crippen LogP contribution in [0.15, 0.2) is 30.6 Å². The fourth-order valence-corrected chi connectivity index (χ4v) is 4.30. The lowest BCUT2D eigenvalue weighted by Gasteiger charge is -2.20. The summed E-state index contributed by atoms with van der Waals surface area (Å²) >= 11 is 0. The van der Waals surface area contributed by atoms with Gasteiger partial charge in [0, 0.05) is 31.7 Å². The van der Waals surface area contributed by atoms with Crippen molar-refractivity contribution in [3.8, 4) is 23.1 Å². The minimum Gasteiger partial charge on any atom is -0.493 e. The molecule has 0 aliphatic carbocycles. The van der Waals surface area contributed by atoms with Crippen molar-refractivity contribution in [1.82, 2.24) is 24.3 Å². The van der Waals surface area contributed by atoms with Crippen molar-refractivity contribution in [2.24, 2.45) is 7.05 Å². The summed E-state index contributed by atoms with van der Waals surface area (Å²) < 4.78 is 48.8. The van der Waals surface area contributed by atoms with Gasteiger partial charge in [-0.25, -0.2) is 9.97 Å². The van der Waals surface area contributed by atoms with Gasteiger partial charge in [-0.2, -0.15) is 18.4 Å². The highest BCUT2D eigenvalue weighted by Crippen LogP contribution is 2.39. The van der Waals surface area contributed by atoms with Gasteiger partial charge in [-0.15, -0.1) is 0 Å². The van der Waals surface area contributed by atoms with E-state index in [4.69, 9.17) is 4.74 Å². The van der Waals surface area contributed by atoms with Crippen LogP contribution >= 0.6 is 0 Å². The zero-order chi connectivity index (χ0) is 24.5. The predicted molar refractivity (Wildman–Crippen MR) is 122 cm³/mol. The normalized spacial score (nSPS) is 16.9. The van der Waals surface area contributed by atoms with Crippen LogP contribution in [0, 0.1) is 11.3 Å². The van der Waals surface area contributed by atoms with Gasteiger partial charge in [0.15, 0.2) is 5.69 Å². The van der Waals surface area contributed by atoms with Crippen LogP contribution in [0.4, 0.5) is 13.2 Å². The Morgan fingerprint density at radius 2 is 2.06 bits per heavy atom. The largest absolute Gasteiger partial charge is 0.493 e. The Morgan fingerprint density at radius 1 is 1.26 bits per heavy atom. The zero-order valence-corrected chi connectivity index (χ0v) is 19.4. The third kappa shape index (κ3) is 5.00. The van der Waals surface area contributed by atoms with Crippen LogP contribution in [0.3, 0.4) is 0 Å². The van der Waals surface area contributed by atoms with Gasteiger partial charge in [-0.1, -0.05) is 0 Å². The Kier molecular flexibility index (Phi) is 6.77. The molecule has 3 aromatic rings. The lowest BCUT2D eigenvalue weighted by Crippen LogP contribution is -2.32. The Bertz CT molecular complexity index is 1210. The number of likely N-dealkylation sites (tertiary alicyclic amines) is 1. The number of nitrogens with zero attached hydrogens (tertiary/aromatic N) is 6. The number of rotatable bonds is 7. The molecule has 0 bridgehead atoms. The van der Waals surface area contributed by atoms with Gasteiger partial charge in [-0.05, 0) is 57.7 Å². The molecule has 1 aliphatic heterocycles. The lowest BCUT2D eigenvalue weighted by molar-refractivity contribution is -0.138. The summed E-state index contributed by atoms with van der Waals surface area (Å²) in [6.45, 7) is 2.94. The van der Waals surface area contributed by atoms with Gasteiger partial charge in [0.25, 0.3) is 0 Å². The van der Waals surface area contributed by atoms with Crippen LogP contribution in [0.25, 0.3) is 22.3 Å². The summed E-state index contributed by atoms with van der Waals surface area (Å²) in [6, 6.07) is 8.03. The summed E-state index contributed by atoms with van der Waals surface area (Å²) in [5.74, 6) is -0.203. The molecule has 1 atom stereocenters. The van der Waals surface area contributed by atoms with Crippen molar-refractivity contribution in [2.45, 2.75) is 25.1 Å². The Balaban J connectivity index is 1.51. The first-order chi connectivity index (χ1) is 16.2. The molecule has 4 rings (SSSR count). The highest BCUT2D eigenvalue weighted by Gasteiger charge is 2.35. The number of likely N-dealkylation sites (N-methyl/N-ethyl adjacent to an activating group) is 1. The van der Waals surface area contributed by atoms with Crippen molar-refractivity contribution < 1.29 is 17.9 Å². The van der Waals surface area contributed by atoms with Gasteiger partial charge in [0.05, 0.1) is 29.7 Å². The number of pyridine rings is 1. The molecular formula is C24H27F3N6O. The van der Waals surface area contributed by atoms with Crippen molar-refractivity contribution in [3.05, 3.63) is 41.9 Å². The Labute approximate surface area is 196 Å². The first kappa shape index (κ1) is 24.0. The number of aromatic nitrogens is 3. The first-order valence-corrected chi connectivity index (χ1v) is 11.1. The molecule has 0 N–H and O–H groups in total. The molecule has 34 heavy (non-hydrogen) atoms. The lowest BCUT2D eigenvalue weighted by atomic mass is 10.1. The summed E-state index contributed by atoms with van der Waals surface area (Å²) in [7, 11) is 5.87. The quantitative estimate of drug-likeness (QED) is 0.486. The monoisotopic (exact) mass is 472 g/mol. The molecular weight excluding hydrogens is 445 g/mol. The summed E-state index contributed by atoms with van der Waals surface area (Å²) in [6.07, 6.45) is -1.31. The van der Waals surface area contributed by atoms with E-state index in [0.717, 1.165) is 32.1 Å². The molecule has 0 saturated carbocycles. The average molecular weight is 473 g/mol. The van der Waals surface area contributed by atoms with E-state index in [1.165, 1.54) is 12.4 Å². The molecule has 1 saturated heterocycles. The number of alkyl halides is 3. The van der Waals surface area contributed by atoms with Gasteiger partial charge >= 0.3 is 6.18 Å². The van der Waals surface area contributed by atoms with Crippen LogP contribution in [-0.4, -0.2) is 70.7 Å². The number of aryl methyl sites for hydroxylation is 1. The fraction of sp³-hybridized carbons (Fsp3) is 0.458. The summed E-state index contributed by atoms with van der Waals surface area (Å²) in [5, 5.41) is 9.42. The minimum atomic E-state index is -4.59. The molecule has 1 aliphatic rings.